The van der Waals surface area contributed by atoms with Crippen LogP contribution in [0.5, 0.6) is 0 Å². The molecule has 2 aromatic rings. The average Bonchev–Trinajstić information content (AvgIpc) is 3.01. The van der Waals surface area contributed by atoms with Crippen LogP contribution in [0, 0.1) is 0 Å². The van der Waals surface area contributed by atoms with E-state index in [1.807, 2.05) is 0 Å². The number of carbonyl (C=O) groups excluding carboxylic acids is 1. The average molecular weight is 363 g/mol. The first-order valence-electron chi connectivity index (χ1n) is 8.58. The summed E-state index contributed by atoms with van der Waals surface area (Å²) in [5, 5.41) is 6.61. The van der Waals surface area contributed by atoms with Gasteiger partial charge in [-0.25, -0.2) is 4.68 Å². The molecule has 4 nitrogen and oxygen atoms in total. The fraction of sp³-hybridized carbons (Fsp3) is 0.368. The molecule has 0 unspecified atom stereocenters. The van der Waals surface area contributed by atoms with E-state index < -0.39 is 11.9 Å². The number of nitrogens with zero attached hydrogens (tertiary/aromatic N) is 2. The molecule has 0 saturated carbocycles. The molecule has 1 aromatic heterocycles. The van der Waals surface area contributed by atoms with Gasteiger partial charge >= 0.3 is 6.18 Å². The molecule has 1 aliphatic carbocycles. The van der Waals surface area contributed by atoms with Crippen molar-refractivity contribution in [3.63, 3.8) is 0 Å². The van der Waals surface area contributed by atoms with Crippen molar-refractivity contribution in [3.05, 3.63) is 58.9 Å². The van der Waals surface area contributed by atoms with Crippen molar-refractivity contribution in [2.75, 3.05) is 0 Å². The highest BCUT2D eigenvalue weighted by atomic mass is 19.4. The van der Waals surface area contributed by atoms with E-state index in [9.17, 15) is 18.0 Å². The lowest BCUT2D eigenvalue weighted by Crippen LogP contribution is -2.20. The molecule has 7 heteroatoms. The van der Waals surface area contributed by atoms with Crippen LogP contribution in [0.15, 0.2) is 36.4 Å². The van der Waals surface area contributed by atoms with Gasteiger partial charge in [-0.1, -0.05) is 18.2 Å². The summed E-state index contributed by atoms with van der Waals surface area (Å²) in [7, 11) is 0. The van der Waals surface area contributed by atoms with Gasteiger partial charge in [-0.3, -0.25) is 4.79 Å². The lowest BCUT2D eigenvalue weighted by atomic mass is 9.95. The Morgan fingerprint density at radius 1 is 1.23 bits per heavy atom. The second-order valence-corrected chi connectivity index (χ2v) is 6.27. The maximum absolute atomic E-state index is 13.3. The fourth-order valence-corrected chi connectivity index (χ4v) is 3.19. The molecule has 1 amide bonds. The van der Waals surface area contributed by atoms with Crippen LogP contribution in [-0.2, 0) is 30.4 Å². The number of hydrogen-bond donors (Lipinski definition) is 1. The third-order valence-corrected chi connectivity index (χ3v) is 4.41. The van der Waals surface area contributed by atoms with Crippen molar-refractivity contribution >= 4 is 5.91 Å². The molecule has 0 fully saturated rings. The Morgan fingerprint density at radius 3 is 2.58 bits per heavy atom. The van der Waals surface area contributed by atoms with Crippen molar-refractivity contribution in [2.45, 2.75) is 45.3 Å². The first-order chi connectivity index (χ1) is 12.4. The third-order valence-electron chi connectivity index (χ3n) is 4.41. The van der Waals surface area contributed by atoms with E-state index in [0.29, 0.717) is 36.3 Å². The normalized spacial score (nSPS) is 14.5. The molecular weight excluding hydrogens is 343 g/mol. The van der Waals surface area contributed by atoms with E-state index in [0.717, 1.165) is 18.4 Å². The van der Waals surface area contributed by atoms with Crippen molar-refractivity contribution in [2.24, 2.45) is 0 Å². The standard InChI is InChI=1S/C19H20F3N3O/c1-2-5-17(26)23-12-13-8-10-14(11-9-13)25-16-7-4-3-6-15(16)18(24-25)19(20,21)22/h2,5,8-11H,3-4,6-7,12H2,1H3,(H,23,26). The number of carbonyl (C=O) groups is 1. The zero-order valence-electron chi connectivity index (χ0n) is 14.4. The lowest BCUT2D eigenvalue weighted by Gasteiger charge is -2.15. The van der Waals surface area contributed by atoms with Crippen molar-refractivity contribution < 1.29 is 18.0 Å². The highest BCUT2D eigenvalue weighted by Gasteiger charge is 2.39. The fourth-order valence-electron chi connectivity index (χ4n) is 3.19. The molecule has 0 saturated heterocycles. The molecule has 3 rings (SSSR count). The molecule has 138 valence electrons. The summed E-state index contributed by atoms with van der Waals surface area (Å²) in [6, 6.07) is 7.04. The Hall–Kier alpha value is -2.57. The van der Waals surface area contributed by atoms with Gasteiger partial charge in [0.05, 0.1) is 5.69 Å². The molecule has 0 radical (unpaired) electrons. The molecule has 0 bridgehead atoms. The van der Waals surface area contributed by atoms with Crippen molar-refractivity contribution in [1.82, 2.24) is 15.1 Å². The number of nitrogens with one attached hydrogen (secondary N) is 1. The van der Waals surface area contributed by atoms with Crippen LogP contribution in [0.1, 0.15) is 42.3 Å². The van der Waals surface area contributed by atoms with Crippen LogP contribution < -0.4 is 5.32 Å². The largest absolute Gasteiger partial charge is 0.435 e. The van der Waals surface area contributed by atoms with E-state index in [-0.39, 0.29) is 5.91 Å². The van der Waals surface area contributed by atoms with Crippen molar-refractivity contribution in [3.8, 4) is 5.69 Å². The molecule has 0 atom stereocenters. The Labute approximate surface area is 149 Å². The summed E-state index contributed by atoms with van der Waals surface area (Å²) in [5.74, 6) is -0.187. The Kier molecular flexibility index (Phi) is 5.15. The Balaban J connectivity index is 1.85. The minimum atomic E-state index is -4.44. The SMILES string of the molecule is CC=CC(=O)NCc1ccc(-n2nc(C(F)(F)F)c3c2CCCC3)cc1. The lowest BCUT2D eigenvalue weighted by molar-refractivity contribution is -0.142. The zero-order valence-corrected chi connectivity index (χ0v) is 14.4. The summed E-state index contributed by atoms with van der Waals surface area (Å²) in [5.41, 5.74) is 1.67. The number of hydrogen-bond acceptors (Lipinski definition) is 2. The first kappa shape index (κ1) is 18.2. The number of halogens is 3. The maximum atomic E-state index is 13.3. The van der Waals surface area contributed by atoms with Crippen LogP contribution in [0.25, 0.3) is 5.69 Å². The summed E-state index contributed by atoms with van der Waals surface area (Å²) in [6.45, 7) is 2.11. The van der Waals surface area contributed by atoms with Gasteiger partial charge in [0.15, 0.2) is 5.69 Å². The summed E-state index contributed by atoms with van der Waals surface area (Å²) < 4.78 is 41.3. The number of rotatable bonds is 4. The number of benzene rings is 1. The number of amides is 1. The quantitative estimate of drug-likeness (QED) is 0.836. The van der Waals surface area contributed by atoms with Crippen LogP contribution >= 0.6 is 0 Å². The molecule has 1 heterocycles. The Morgan fingerprint density at radius 2 is 1.92 bits per heavy atom. The molecular formula is C19H20F3N3O. The third kappa shape index (κ3) is 3.81. The van der Waals surface area contributed by atoms with Gasteiger partial charge < -0.3 is 5.32 Å². The molecule has 26 heavy (non-hydrogen) atoms. The van der Waals surface area contributed by atoms with E-state index >= 15 is 0 Å². The van der Waals surface area contributed by atoms with Crippen LogP contribution in [0.2, 0.25) is 0 Å². The van der Waals surface area contributed by atoms with Crippen LogP contribution in [-0.4, -0.2) is 15.7 Å². The number of aromatic nitrogens is 2. The van der Waals surface area contributed by atoms with Crippen molar-refractivity contribution in [1.29, 1.82) is 0 Å². The molecule has 1 aliphatic rings. The van der Waals surface area contributed by atoms with Gasteiger partial charge in [-0.2, -0.15) is 18.3 Å². The van der Waals surface area contributed by atoms with Gasteiger partial charge in [0.1, 0.15) is 0 Å². The van der Waals surface area contributed by atoms with E-state index in [4.69, 9.17) is 0 Å². The smallest absolute Gasteiger partial charge is 0.348 e. The topological polar surface area (TPSA) is 46.9 Å². The minimum absolute atomic E-state index is 0.187. The van der Waals surface area contributed by atoms with E-state index in [2.05, 4.69) is 10.4 Å². The molecule has 0 spiro atoms. The number of alkyl halides is 3. The summed E-state index contributed by atoms with van der Waals surface area (Å²) in [6.07, 6.45) is 1.28. The predicted molar refractivity (Wildman–Crippen MR) is 91.9 cm³/mol. The van der Waals surface area contributed by atoms with E-state index in [1.165, 1.54) is 10.8 Å². The highest BCUT2D eigenvalue weighted by Crippen LogP contribution is 2.36. The molecule has 1 N–H and O–H groups in total. The molecule has 1 aromatic carbocycles. The maximum Gasteiger partial charge on any atom is 0.435 e. The van der Waals surface area contributed by atoms with Gasteiger partial charge in [0, 0.05) is 17.8 Å². The molecule has 0 aliphatic heterocycles. The second kappa shape index (κ2) is 7.35. The first-order valence-corrected chi connectivity index (χ1v) is 8.58. The van der Waals surface area contributed by atoms with Gasteiger partial charge in [-0.05, 0) is 56.4 Å². The van der Waals surface area contributed by atoms with Crippen LogP contribution in [0.3, 0.4) is 0 Å². The highest BCUT2D eigenvalue weighted by molar-refractivity contribution is 5.87. The number of allylic oxidation sites excluding steroid dienone is 1. The zero-order chi connectivity index (χ0) is 18.7. The van der Waals surface area contributed by atoms with Crippen LogP contribution in [0.4, 0.5) is 13.2 Å². The minimum Gasteiger partial charge on any atom is -0.348 e. The van der Waals surface area contributed by atoms with Gasteiger partial charge in [0.25, 0.3) is 0 Å². The monoisotopic (exact) mass is 363 g/mol. The number of fused-ring (bicyclic) bond motifs is 1. The van der Waals surface area contributed by atoms with Gasteiger partial charge in [-0.15, -0.1) is 0 Å². The van der Waals surface area contributed by atoms with Gasteiger partial charge in [0.2, 0.25) is 5.91 Å². The summed E-state index contributed by atoms with van der Waals surface area (Å²) >= 11 is 0. The summed E-state index contributed by atoms with van der Waals surface area (Å²) in [4.78, 5) is 11.4. The van der Waals surface area contributed by atoms with E-state index in [1.54, 1.807) is 37.3 Å². The predicted octanol–water partition coefficient (Wildman–Crippen LogP) is 3.96. The Bertz CT molecular complexity index is 820. The second-order valence-electron chi connectivity index (χ2n) is 6.27.